The topological polar surface area (TPSA) is 82.0 Å². The van der Waals surface area contributed by atoms with Gasteiger partial charge in [-0.05, 0) is 37.0 Å². The molecule has 1 aliphatic heterocycles. The van der Waals surface area contributed by atoms with E-state index in [2.05, 4.69) is 17.2 Å². The Morgan fingerprint density at radius 2 is 1.82 bits per heavy atom. The number of aliphatic imine (C=N–C) groups is 1. The minimum Gasteiger partial charge on any atom is -0.392 e. The molecule has 1 saturated carbocycles. The van der Waals surface area contributed by atoms with Gasteiger partial charge in [-0.1, -0.05) is 69.4 Å². The summed E-state index contributed by atoms with van der Waals surface area (Å²) in [6.07, 6.45) is -0.751. The first-order valence-electron chi connectivity index (χ1n) is 13.2. The number of nitrogens with one attached hydrogen (secondary N) is 1. The van der Waals surface area contributed by atoms with Crippen LogP contribution in [-0.2, 0) is 15.8 Å². The lowest BCUT2D eigenvalue weighted by molar-refractivity contribution is -0.137. The van der Waals surface area contributed by atoms with Gasteiger partial charge in [-0.2, -0.15) is 13.2 Å². The number of hydrogen-bond donors (Lipinski definition) is 2. The van der Waals surface area contributed by atoms with E-state index in [9.17, 15) is 27.9 Å². The molecule has 2 N–H and O–H groups in total. The van der Waals surface area contributed by atoms with Crippen molar-refractivity contribution in [2.24, 2.45) is 16.8 Å². The molecule has 0 spiro atoms. The number of anilines is 1. The molecular formula is C29H34F3N3O3. The normalized spacial score (nSPS) is 19.3. The van der Waals surface area contributed by atoms with Crippen LogP contribution in [0.3, 0.4) is 0 Å². The van der Waals surface area contributed by atoms with Crippen LogP contribution in [0.4, 0.5) is 18.9 Å². The molecule has 1 aliphatic carbocycles. The number of nitrogens with zero attached hydrogens (tertiary/aromatic N) is 2. The summed E-state index contributed by atoms with van der Waals surface area (Å²) in [5.41, 5.74) is 0.999. The third-order valence-corrected chi connectivity index (χ3v) is 7.30. The van der Waals surface area contributed by atoms with Crippen LogP contribution in [0.5, 0.6) is 0 Å². The molecule has 0 saturated heterocycles. The zero-order valence-corrected chi connectivity index (χ0v) is 21.7. The lowest BCUT2D eigenvalue weighted by Crippen LogP contribution is -2.49. The third-order valence-electron chi connectivity index (χ3n) is 7.30. The molecule has 1 unspecified atom stereocenters. The third kappa shape index (κ3) is 6.43. The number of aliphatic hydroxyl groups excluding tert-OH is 1. The second-order valence-corrected chi connectivity index (χ2v) is 10.2. The molecule has 2 aromatic rings. The predicted octanol–water partition coefficient (Wildman–Crippen LogP) is 5.32. The van der Waals surface area contributed by atoms with Gasteiger partial charge in [0.25, 0.3) is 5.91 Å². The SMILES string of the molecule is CCCCC[C@H](O)[C@@H](CC1CC1)C(=O)NC1N=C(c2ccc(C(F)(F)F)cc2)c2ccccc2N(C)C1=O. The molecule has 2 amide bonds. The van der Waals surface area contributed by atoms with Gasteiger partial charge in [0, 0.05) is 18.2 Å². The molecule has 1 heterocycles. The highest BCUT2D eigenvalue weighted by atomic mass is 19.4. The highest BCUT2D eigenvalue weighted by Gasteiger charge is 2.37. The summed E-state index contributed by atoms with van der Waals surface area (Å²) < 4.78 is 39.5. The number of aliphatic hydroxyl groups is 1. The highest BCUT2D eigenvalue weighted by Crippen LogP contribution is 2.37. The number of unbranched alkanes of at least 4 members (excludes halogenated alkanes) is 2. The van der Waals surface area contributed by atoms with Crippen molar-refractivity contribution < 1.29 is 27.9 Å². The molecule has 1 fully saturated rings. The van der Waals surface area contributed by atoms with E-state index in [1.54, 1.807) is 31.3 Å². The van der Waals surface area contributed by atoms with Gasteiger partial charge < -0.3 is 15.3 Å². The molecule has 0 aromatic heterocycles. The Morgan fingerprint density at radius 3 is 2.45 bits per heavy atom. The van der Waals surface area contributed by atoms with Crippen molar-refractivity contribution in [1.82, 2.24) is 5.32 Å². The largest absolute Gasteiger partial charge is 0.416 e. The molecule has 38 heavy (non-hydrogen) atoms. The van der Waals surface area contributed by atoms with Gasteiger partial charge in [-0.25, -0.2) is 4.99 Å². The van der Waals surface area contributed by atoms with Crippen molar-refractivity contribution in [3.8, 4) is 0 Å². The van der Waals surface area contributed by atoms with E-state index < -0.39 is 41.7 Å². The van der Waals surface area contributed by atoms with Gasteiger partial charge in [0.15, 0.2) is 0 Å². The first-order valence-corrected chi connectivity index (χ1v) is 13.2. The molecule has 0 radical (unpaired) electrons. The zero-order chi connectivity index (χ0) is 27.4. The number of alkyl halides is 3. The highest BCUT2D eigenvalue weighted by molar-refractivity contribution is 6.20. The number of benzodiazepines with no additional fused rings is 1. The number of rotatable bonds is 10. The van der Waals surface area contributed by atoms with Gasteiger partial charge in [-0.15, -0.1) is 0 Å². The molecule has 2 aromatic carbocycles. The molecule has 2 aliphatic rings. The maximum atomic E-state index is 13.4. The molecule has 204 valence electrons. The van der Waals surface area contributed by atoms with Gasteiger partial charge in [0.05, 0.1) is 29.0 Å². The first kappa shape index (κ1) is 27.8. The van der Waals surface area contributed by atoms with E-state index in [0.717, 1.165) is 44.2 Å². The van der Waals surface area contributed by atoms with E-state index in [1.807, 2.05) is 0 Å². The van der Waals surface area contributed by atoms with Crippen LogP contribution in [0.2, 0.25) is 0 Å². The van der Waals surface area contributed by atoms with E-state index in [0.29, 0.717) is 41.3 Å². The zero-order valence-electron chi connectivity index (χ0n) is 21.7. The van der Waals surface area contributed by atoms with Crippen molar-refractivity contribution in [2.75, 3.05) is 11.9 Å². The summed E-state index contributed by atoms with van der Waals surface area (Å²) in [6, 6.07) is 11.6. The minimum atomic E-state index is -4.48. The summed E-state index contributed by atoms with van der Waals surface area (Å²) in [7, 11) is 1.58. The Morgan fingerprint density at radius 1 is 1.13 bits per heavy atom. The van der Waals surface area contributed by atoms with Crippen molar-refractivity contribution in [3.05, 3.63) is 65.2 Å². The fourth-order valence-corrected chi connectivity index (χ4v) is 4.86. The Labute approximate surface area is 220 Å². The average molecular weight is 530 g/mol. The first-order chi connectivity index (χ1) is 18.1. The lowest BCUT2D eigenvalue weighted by atomic mass is 9.91. The number of fused-ring (bicyclic) bond motifs is 1. The van der Waals surface area contributed by atoms with Crippen molar-refractivity contribution >= 4 is 23.2 Å². The monoisotopic (exact) mass is 529 g/mol. The van der Waals surface area contributed by atoms with E-state index in [-0.39, 0.29) is 0 Å². The fraction of sp³-hybridized carbons (Fsp3) is 0.483. The number of para-hydroxylation sites is 1. The van der Waals surface area contributed by atoms with Gasteiger partial charge >= 0.3 is 6.18 Å². The average Bonchev–Trinajstić information content (AvgIpc) is 3.73. The van der Waals surface area contributed by atoms with E-state index in [1.165, 1.54) is 17.0 Å². The Kier molecular flexibility index (Phi) is 8.55. The van der Waals surface area contributed by atoms with Crippen LogP contribution < -0.4 is 10.2 Å². The predicted molar refractivity (Wildman–Crippen MR) is 140 cm³/mol. The Balaban J connectivity index is 1.66. The smallest absolute Gasteiger partial charge is 0.392 e. The second kappa shape index (κ2) is 11.7. The van der Waals surface area contributed by atoms with Crippen LogP contribution >= 0.6 is 0 Å². The summed E-state index contributed by atoms with van der Waals surface area (Å²) in [5, 5.41) is 13.6. The number of carbonyl (C=O) groups excluding carboxylic acids is 2. The van der Waals surface area contributed by atoms with E-state index >= 15 is 0 Å². The maximum Gasteiger partial charge on any atom is 0.416 e. The molecular weight excluding hydrogens is 495 g/mol. The van der Waals surface area contributed by atoms with Crippen LogP contribution in [0.15, 0.2) is 53.5 Å². The molecule has 6 nitrogen and oxygen atoms in total. The van der Waals surface area contributed by atoms with Gasteiger partial charge in [0.1, 0.15) is 0 Å². The van der Waals surface area contributed by atoms with Crippen LogP contribution in [0.1, 0.15) is 68.6 Å². The van der Waals surface area contributed by atoms with Crippen molar-refractivity contribution in [2.45, 2.75) is 70.3 Å². The number of likely N-dealkylation sites (N-methyl/N-ethyl adjacent to an activating group) is 1. The van der Waals surface area contributed by atoms with Crippen molar-refractivity contribution in [3.63, 3.8) is 0 Å². The number of hydrogen-bond acceptors (Lipinski definition) is 4. The van der Waals surface area contributed by atoms with Crippen LogP contribution in [-0.4, -0.2) is 41.9 Å². The Bertz CT molecular complexity index is 1180. The van der Waals surface area contributed by atoms with Gasteiger partial charge in [0.2, 0.25) is 12.1 Å². The molecule has 0 bridgehead atoms. The standard InChI is InChI=1S/C29H34F3N3O3/c1-3-4-5-10-24(36)22(17-18-11-12-18)27(37)34-26-28(38)35(2)23-9-7-6-8-21(23)25(33-26)19-13-15-20(16-14-19)29(30,31)32/h6-9,13-16,18,22,24,26,36H,3-5,10-12,17H2,1-2H3,(H,34,37)/t22-,24+,26?/m1/s1. The quantitative estimate of drug-likeness (QED) is 0.409. The molecule has 9 heteroatoms. The molecule has 3 atom stereocenters. The van der Waals surface area contributed by atoms with Crippen LogP contribution in [0, 0.1) is 11.8 Å². The van der Waals surface area contributed by atoms with Crippen LogP contribution in [0.25, 0.3) is 0 Å². The van der Waals surface area contributed by atoms with E-state index in [4.69, 9.17) is 0 Å². The Hall–Kier alpha value is -3.20. The summed E-state index contributed by atoms with van der Waals surface area (Å²) in [6.45, 7) is 2.07. The summed E-state index contributed by atoms with van der Waals surface area (Å²) in [4.78, 5) is 32.9. The summed E-state index contributed by atoms with van der Waals surface area (Å²) >= 11 is 0. The number of benzene rings is 2. The number of amides is 2. The second-order valence-electron chi connectivity index (χ2n) is 10.2. The van der Waals surface area contributed by atoms with Crippen molar-refractivity contribution in [1.29, 1.82) is 0 Å². The maximum absolute atomic E-state index is 13.4. The lowest BCUT2D eigenvalue weighted by Gasteiger charge is -2.25. The molecule has 4 rings (SSSR count). The fourth-order valence-electron chi connectivity index (χ4n) is 4.86. The number of carbonyl (C=O) groups is 2. The number of halogens is 3. The van der Waals surface area contributed by atoms with Gasteiger partial charge in [-0.3, -0.25) is 9.59 Å². The summed E-state index contributed by atoms with van der Waals surface area (Å²) in [5.74, 6) is -1.19. The minimum absolute atomic E-state index is 0.305.